The lowest BCUT2D eigenvalue weighted by Gasteiger charge is -2.49. The quantitative estimate of drug-likeness (QED) is 0.643. The van der Waals surface area contributed by atoms with Gasteiger partial charge in [0.2, 0.25) is 0 Å². The Bertz CT molecular complexity index is 145. The van der Waals surface area contributed by atoms with Crippen LogP contribution in [0.5, 0.6) is 0 Å². The molecule has 1 heterocycles. The van der Waals surface area contributed by atoms with E-state index in [1.807, 2.05) is 0 Å². The standard InChI is InChI=1S/C10H21NO/c1-7(2)11-6-10(9(11)5)12-8(3)4/h7-10H,6H2,1-5H3/t9-,10+/m1/s1. The van der Waals surface area contributed by atoms with Crippen molar-refractivity contribution >= 4 is 0 Å². The summed E-state index contributed by atoms with van der Waals surface area (Å²) in [4.78, 5) is 2.47. The lowest BCUT2D eigenvalue weighted by atomic mass is 9.99. The molecule has 0 amide bonds. The highest BCUT2D eigenvalue weighted by Crippen LogP contribution is 2.24. The van der Waals surface area contributed by atoms with Gasteiger partial charge in [-0.2, -0.15) is 0 Å². The van der Waals surface area contributed by atoms with Crippen molar-refractivity contribution in [3.05, 3.63) is 0 Å². The first-order valence-electron chi connectivity index (χ1n) is 4.93. The molecule has 0 unspecified atom stereocenters. The van der Waals surface area contributed by atoms with E-state index in [1.165, 1.54) is 0 Å². The average molecular weight is 171 g/mol. The summed E-state index contributed by atoms with van der Waals surface area (Å²) in [5.41, 5.74) is 0. The zero-order valence-corrected chi connectivity index (χ0v) is 8.87. The van der Waals surface area contributed by atoms with E-state index in [0.29, 0.717) is 24.3 Å². The molecule has 0 aliphatic carbocycles. The number of hydrogen-bond acceptors (Lipinski definition) is 2. The highest BCUT2D eigenvalue weighted by molar-refractivity contribution is 4.91. The van der Waals surface area contributed by atoms with E-state index >= 15 is 0 Å². The molecule has 1 aliphatic heterocycles. The summed E-state index contributed by atoms with van der Waals surface area (Å²) >= 11 is 0. The van der Waals surface area contributed by atoms with Crippen LogP contribution in [0, 0.1) is 0 Å². The molecule has 0 spiro atoms. The monoisotopic (exact) mass is 171 g/mol. The molecule has 0 N–H and O–H groups in total. The van der Waals surface area contributed by atoms with Gasteiger partial charge in [-0.1, -0.05) is 0 Å². The van der Waals surface area contributed by atoms with Crippen molar-refractivity contribution in [2.24, 2.45) is 0 Å². The van der Waals surface area contributed by atoms with E-state index in [1.54, 1.807) is 0 Å². The van der Waals surface area contributed by atoms with Crippen LogP contribution in [0.3, 0.4) is 0 Å². The van der Waals surface area contributed by atoms with E-state index in [2.05, 4.69) is 39.5 Å². The van der Waals surface area contributed by atoms with Crippen molar-refractivity contribution in [1.29, 1.82) is 0 Å². The van der Waals surface area contributed by atoms with Gasteiger partial charge in [0.05, 0.1) is 12.2 Å². The first-order valence-corrected chi connectivity index (χ1v) is 4.93. The maximum atomic E-state index is 5.74. The molecule has 72 valence electrons. The zero-order valence-electron chi connectivity index (χ0n) is 8.87. The number of ether oxygens (including phenoxy) is 1. The summed E-state index contributed by atoms with van der Waals surface area (Å²) in [6.07, 6.45) is 0.833. The minimum absolute atomic E-state index is 0.367. The van der Waals surface area contributed by atoms with Gasteiger partial charge in [-0.15, -0.1) is 0 Å². The van der Waals surface area contributed by atoms with Gasteiger partial charge in [-0.3, -0.25) is 4.90 Å². The first kappa shape index (κ1) is 10.0. The molecule has 2 nitrogen and oxygen atoms in total. The summed E-state index contributed by atoms with van der Waals surface area (Å²) in [5, 5.41) is 0. The fraction of sp³-hybridized carbons (Fsp3) is 1.00. The molecule has 2 atom stereocenters. The van der Waals surface area contributed by atoms with Gasteiger partial charge in [-0.05, 0) is 34.6 Å². The Morgan fingerprint density at radius 3 is 2.17 bits per heavy atom. The molecule has 0 aromatic carbocycles. The largest absolute Gasteiger partial charge is 0.373 e. The van der Waals surface area contributed by atoms with Crippen LogP contribution in [0.1, 0.15) is 34.6 Å². The van der Waals surface area contributed by atoms with Gasteiger partial charge in [0.25, 0.3) is 0 Å². The third-order valence-corrected chi connectivity index (χ3v) is 2.56. The molecule has 1 rings (SSSR count). The molecule has 0 radical (unpaired) electrons. The van der Waals surface area contributed by atoms with Gasteiger partial charge in [-0.25, -0.2) is 0 Å². The van der Waals surface area contributed by atoms with Crippen LogP contribution in [0.2, 0.25) is 0 Å². The van der Waals surface area contributed by atoms with Crippen LogP contribution in [-0.4, -0.2) is 35.7 Å². The maximum Gasteiger partial charge on any atom is 0.0857 e. The molecular weight excluding hydrogens is 150 g/mol. The highest BCUT2D eigenvalue weighted by atomic mass is 16.5. The fourth-order valence-corrected chi connectivity index (χ4v) is 1.79. The van der Waals surface area contributed by atoms with Gasteiger partial charge in [0, 0.05) is 18.6 Å². The minimum atomic E-state index is 0.367. The molecule has 1 fully saturated rings. The minimum Gasteiger partial charge on any atom is -0.373 e. The maximum absolute atomic E-state index is 5.74. The number of rotatable bonds is 3. The van der Waals surface area contributed by atoms with Crippen LogP contribution in [0.4, 0.5) is 0 Å². The third-order valence-electron chi connectivity index (χ3n) is 2.56. The van der Waals surface area contributed by atoms with Crippen molar-refractivity contribution in [2.75, 3.05) is 6.54 Å². The molecule has 1 saturated heterocycles. The molecule has 12 heavy (non-hydrogen) atoms. The Kier molecular flexibility index (Phi) is 3.13. The van der Waals surface area contributed by atoms with Crippen LogP contribution >= 0.6 is 0 Å². The average Bonchev–Trinajstić information content (AvgIpc) is 1.95. The molecule has 0 saturated carbocycles. The predicted molar refractivity (Wildman–Crippen MR) is 51.3 cm³/mol. The molecule has 0 aromatic rings. The Balaban J connectivity index is 2.28. The summed E-state index contributed by atoms with van der Waals surface area (Å²) in [5.74, 6) is 0. The Morgan fingerprint density at radius 1 is 1.25 bits per heavy atom. The van der Waals surface area contributed by atoms with Gasteiger partial charge >= 0.3 is 0 Å². The third kappa shape index (κ3) is 1.99. The second kappa shape index (κ2) is 3.75. The Labute approximate surface area is 75.9 Å². The SMILES string of the molecule is CC(C)O[C@H]1CN(C(C)C)[C@@H]1C. The second-order valence-electron chi connectivity index (χ2n) is 4.25. The number of hydrogen-bond donors (Lipinski definition) is 0. The van der Waals surface area contributed by atoms with Crippen molar-refractivity contribution < 1.29 is 4.74 Å². The van der Waals surface area contributed by atoms with Crippen molar-refractivity contribution in [3.8, 4) is 0 Å². The van der Waals surface area contributed by atoms with Crippen molar-refractivity contribution in [2.45, 2.75) is 58.9 Å². The van der Waals surface area contributed by atoms with Crippen LogP contribution < -0.4 is 0 Å². The summed E-state index contributed by atoms with van der Waals surface area (Å²) in [7, 11) is 0. The lowest BCUT2D eigenvalue weighted by Crippen LogP contribution is -2.62. The molecule has 2 heteroatoms. The first-order chi connectivity index (χ1) is 5.52. The highest BCUT2D eigenvalue weighted by Gasteiger charge is 2.37. The Hall–Kier alpha value is -0.0800. The summed E-state index contributed by atoms with van der Waals surface area (Å²) < 4.78 is 5.74. The van der Waals surface area contributed by atoms with Gasteiger partial charge < -0.3 is 4.74 Å². The van der Waals surface area contributed by atoms with Crippen LogP contribution in [0.25, 0.3) is 0 Å². The van der Waals surface area contributed by atoms with Gasteiger partial charge in [0.15, 0.2) is 0 Å². The number of likely N-dealkylation sites (tertiary alicyclic amines) is 1. The topological polar surface area (TPSA) is 12.5 Å². The molecule has 0 aromatic heterocycles. The predicted octanol–water partition coefficient (Wildman–Crippen LogP) is 1.89. The molecule has 1 aliphatic rings. The van der Waals surface area contributed by atoms with E-state index in [-0.39, 0.29) is 0 Å². The van der Waals surface area contributed by atoms with E-state index in [9.17, 15) is 0 Å². The molecular formula is C10H21NO. The van der Waals surface area contributed by atoms with E-state index in [4.69, 9.17) is 4.74 Å². The smallest absolute Gasteiger partial charge is 0.0857 e. The number of nitrogens with zero attached hydrogens (tertiary/aromatic N) is 1. The summed E-state index contributed by atoms with van der Waals surface area (Å²) in [6, 6.07) is 1.26. The van der Waals surface area contributed by atoms with Gasteiger partial charge in [0.1, 0.15) is 0 Å². The lowest BCUT2D eigenvalue weighted by molar-refractivity contribution is -0.129. The second-order valence-corrected chi connectivity index (χ2v) is 4.25. The van der Waals surface area contributed by atoms with Crippen molar-refractivity contribution in [3.63, 3.8) is 0 Å². The zero-order chi connectivity index (χ0) is 9.30. The van der Waals surface area contributed by atoms with Crippen LogP contribution in [0.15, 0.2) is 0 Å². The normalized spacial score (nSPS) is 31.2. The molecule has 0 bridgehead atoms. The van der Waals surface area contributed by atoms with E-state index in [0.717, 1.165) is 6.54 Å². The van der Waals surface area contributed by atoms with E-state index < -0.39 is 0 Å². The Morgan fingerprint density at radius 2 is 1.83 bits per heavy atom. The van der Waals surface area contributed by atoms with Crippen LogP contribution in [-0.2, 0) is 4.74 Å². The van der Waals surface area contributed by atoms with Crippen molar-refractivity contribution in [1.82, 2.24) is 4.90 Å². The fourth-order valence-electron chi connectivity index (χ4n) is 1.79. The summed E-state index contributed by atoms with van der Waals surface area (Å²) in [6.45, 7) is 12.0.